The smallest absolute Gasteiger partial charge is 0.337 e. The summed E-state index contributed by atoms with van der Waals surface area (Å²) in [5.74, 6) is -0.417. The Morgan fingerprint density at radius 2 is 2.26 bits per heavy atom. The van der Waals surface area contributed by atoms with Gasteiger partial charge in [-0.2, -0.15) is 0 Å². The minimum atomic E-state index is -1.01. The summed E-state index contributed by atoms with van der Waals surface area (Å²) in [5, 5.41) is 12.2. The van der Waals surface area contributed by atoms with Gasteiger partial charge in [0.05, 0.1) is 11.3 Å². The van der Waals surface area contributed by atoms with Gasteiger partial charge in [0.15, 0.2) is 0 Å². The molecule has 6 heteroatoms. The lowest BCUT2D eigenvalue weighted by Crippen LogP contribution is -2.28. The fourth-order valence-electron chi connectivity index (χ4n) is 2.59. The van der Waals surface area contributed by atoms with E-state index in [2.05, 4.69) is 15.2 Å². The fourth-order valence-corrected chi connectivity index (χ4v) is 2.59. The first-order valence-corrected chi connectivity index (χ1v) is 6.63. The molecule has 1 aromatic rings. The number of aromatic nitrogens is 1. The molecule has 2 heterocycles. The highest BCUT2D eigenvalue weighted by atomic mass is 16.4. The third-order valence-corrected chi connectivity index (χ3v) is 3.79. The number of hydrogen-bond acceptors (Lipinski definition) is 5. The van der Waals surface area contributed by atoms with E-state index in [1.807, 2.05) is 0 Å². The molecule has 1 saturated carbocycles. The highest BCUT2D eigenvalue weighted by Gasteiger charge is 2.34. The van der Waals surface area contributed by atoms with E-state index < -0.39 is 5.97 Å². The van der Waals surface area contributed by atoms with E-state index in [-0.39, 0.29) is 5.56 Å². The van der Waals surface area contributed by atoms with Crippen LogP contribution in [0.5, 0.6) is 0 Å². The van der Waals surface area contributed by atoms with Crippen LogP contribution in [-0.2, 0) is 0 Å². The van der Waals surface area contributed by atoms with Gasteiger partial charge < -0.3 is 16.2 Å². The maximum atomic E-state index is 10.8. The summed E-state index contributed by atoms with van der Waals surface area (Å²) in [6, 6.07) is 2.59. The van der Waals surface area contributed by atoms with Crippen LogP contribution in [-0.4, -0.2) is 46.1 Å². The lowest BCUT2D eigenvalue weighted by Gasteiger charge is -2.17. The molecule has 0 bridgehead atoms. The number of anilines is 2. The standard InChI is InChI=1S/C13H18N4O2/c14-11-5-8(13(18)19)6-15-12(11)16-9-3-4-17(7-9)10-1-2-10/h5-6,9-10H,1-4,7,14H2,(H,15,16)(H,18,19). The fraction of sp³-hybridized carbons (Fsp3) is 0.538. The second kappa shape index (κ2) is 4.70. The van der Waals surface area contributed by atoms with Crippen LogP contribution in [0.25, 0.3) is 0 Å². The molecule has 1 unspecified atom stereocenters. The summed E-state index contributed by atoms with van der Waals surface area (Å²) in [5.41, 5.74) is 6.35. The van der Waals surface area contributed by atoms with Crippen molar-refractivity contribution in [3.63, 3.8) is 0 Å². The predicted molar refractivity (Wildman–Crippen MR) is 72.2 cm³/mol. The minimum absolute atomic E-state index is 0.120. The van der Waals surface area contributed by atoms with Crippen molar-refractivity contribution in [2.45, 2.75) is 31.3 Å². The van der Waals surface area contributed by atoms with Gasteiger partial charge in [-0.05, 0) is 25.3 Å². The molecule has 2 aliphatic rings. The van der Waals surface area contributed by atoms with Gasteiger partial charge in [0.1, 0.15) is 5.82 Å². The summed E-state index contributed by atoms with van der Waals surface area (Å²) < 4.78 is 0. The van der Waals surface area contributed by atoms with Crippen molar-refractivity contribution in [3.8, 4) is 0 Å². The average Bonchev–Trinajstić information content (AvgIpc) is 3.12. The van der Waals surface area contributed by atoms with E-state index >= 15 is 0 Å². The molecule has 1 aliphatic heterocycles. The summed E-state index contributed by atoms with van der Waals surface area (Å²) in [6.45, 7) is 2.14. The van der Waals surface area contributed by atoms with Gasteiger partial charge in [-0.25, -0.2) is 9.78 Å². The minimum Gasteiger partial charge on any atom is -0.478 e. The van der Waals surface area contributed by atoms with Gasteiger partial charge in [-0.3, -0.25) is 4.90 Å². The molecule has 1 saturated heterocycles. The van der Waals surface area contributed by atoms with Crippen molar-refractivity contribution in [1.29, 1.82) is 0 Å². The zero-order chi connectivity index (χ0) is 13.4. The second-order valence-corrected chi connectivity index (χ2v) is 5.32. The number of aromatic carboxylic acids is 1. The van der Waals surface area contributed by atoms with Crippen LogP contribution in [0.15, 0.2) is 12.3 Å². The quantitative estimate of drug-likeness (QED) is 0.750. The maximum absolute atomic E-state index is 10.8. The molecule has 1 aromatic heterocycles. The summed E-state index contributed by atoms with van der Waals surface area (Å²) >= 11 is 0. The van der Waals surface area contributed by atoms with Crippen molar-refractivity contribution in [2.24, 2.45) is 0 Å². The lowest BCUT2D eigenvalue weighted by molar-refractivity contribution is 0.0696. The zero-order valence-corrected chi connectivity index (χ0v) is 10.7. The lowest BCUT2D eigenvalue weighted by atomic mass is 10.2. The number of nitrogens with two attached hydrogens (primary N) is 1. The van der Waals surface area contributed by atoms with Crippen LogP contribution in [0.4, 0.5) is 11.5 Å². The molecule has 2 fully saturated rings. The number of pyridine rings is 1. The Bertz CT molecular complexity index is 501. The number of carbonyl (C=O) groups is 1. The number of carboxylic acid groups (broad SMARTS) is 1. The first kappa shape index (κ1) is 12.2. The number of rotatable bonds is 4. The highest BCUT2D eigenvalue weighted by Crippen LogP contribution is 2.31. The highest BCUT2D eigenvalue weighted by molar-refractivity contribution is 5.89. The predicted octanol–water partition coefficient (Wildman–Crippen LogP) is 1.01. The van der Waals surface area contributed by atoms with Gasteiger partial charge in [0, 0.05) is 31.4 Å². The van der Waals surface area contributed by atoms with Crippen molar-refractivity contribution in [2.75, 3.05) is 24.1 Å². The molecular formula is C13H18N4O2. The van der Waals surface area contributed by atoms with Gasteiger partial charge in [-0.1, -0.05) is 0 Å². The number of nitrogens with zero attached hydrogens (tertiary/aromatic N) is 2. The maximum Gasteiger partial charge on any atom is 0.337 e. The first-order valence-electron chi connectivity index (χ1n) is 6.63. The Morgan fingerprint density at radius 3 is 2.89 bits per heavy atom. The topological polar surface area (TPSA) is 91.5 Å². The first-order chi connectivity index (χ1) is 9.13. The molecule has 102 valence electrons. The largest absolute Gasteiger partial charge is 0.478 e. The summed E-state index contributed by atoms with van der Waals surface area (Å²) in [6.07, 6.45) is 5.06. The Balaban J connectivity index is 1.65. The molecule has 6 nitrogen and oxygen atoms in total. The van der Waals surface area contributed by atoms with Crippen molar-refractivity contribution >= 4 is 17.5 Å². The van der Waals surface area contributed by atoms with Gasteiger partial charge >= 0.3 is 5.97 Å². The number of nitrogens with one attached hydrogen (secondary N) is 1. The van der Waals surface area contributed by atoms with Crippen LogP contribution in [0.3, 0.4) is 0 Å². The summed E-state index contributed by atoms with van der Waals surface area (Å²) in [4.78, 5) is 17.4. The van der Waals surface area contributed by atoms with E-state index in [1.54, 1.807) is 0 Å². The van der Waals surface area contributed by atoms with Crippen LogP contribution in [0.1, 0.15) is 29.6 Å². The Hall–Kier alpha value is -1.82. The number of likely N-dealkylation sites (tertiary alicyclic amines) is 1. The third kappa shape index (κ3) is 2.63. The number of hydrogen-bond donors (Lipinski definition) is 3. The number of nitrogen functional groups attached to an aromatic ring is 1. The van der Waals surface area contributed by atoms with Crippen LogP contribution in [0.2, 0.25) is 0 Å². The number of carboxylic acids is 1. The molecule has 1 aliphatic carbocycles. The van der Waals surface area contributed by atoms with Gasteiger partial charge in [0.2, 0.25) is 0 Å². The second-order valence-electron chi connectivity index (χ2n) is 5.32. The van der Waals surface area contributed by atoms with Gasteiger partial charge in [-0.15, -0.1) is 0 Å². The van der Waals surface area contributed by atoms with Crippen molar-refractivity contribution < 1.29 is 9.90 Å². The molecule has 3 rings (SSSR count). The Morgan fingerprint density at radius 1 is 1.47 bits per heavy atom. The monoisotopic (exact) mass is 262 g/mol. The van der Waals surface area contributed by atoms with Gasteiger partial charge in [0.25, 0.3) is 0 Å². The van der Waals surface area contributed by atoms with Crippen molar-refractivity contribution in [1.82, 2.24) is 9.88 Å². The van der Waals surface area contributed by atoms with Crippen LogP contribution in [0, 0.1) is 0 Å². The van der Waals surface area contributed by atoms with E-state index in [1.165, 1.54) is 25.1 Å². The third-order valence-electron chi connectivity index (χ3n) is 3.79. The van der Waals surface area contributed by atoms with Crippen LogP contribution >= 0.6 is 0 Å². The van der Waals surface area contributed by atoms with E-state index in [0.717, 1.165) is 25.6 Å². The zero-order valence-electron chi connectivity index (χ0n) is 10.7. The Kier molecular flexibility index (Phi) is 3.02. The molecular weight excluding hydrogens is 244 g/mol. The molecule has 19 heavy (non-hydrogen) atoms. The molecule has 0 spiro atoms. The summed E-state index contributed by atoms with van der Waals surface area (Å²) in [7, 11) is 0. The normalized spacial score (nSPS) is 23.5. The van der Waals surface area contributed by atoms with E-state index in [4.69, 9.17) is 10.8 Å². The molecule has 4 N–H and O–H groups in total. The molecule has 0 radical (unpaired) electrons. The Labute approximate surface area is 111 Å². The van der Waals surface area contributed by atoms with Crippen molar-refractivity contribution in [3.05, 3.63) is 17.8 Å². The SMILES string of the molecule is Nc1cc(C(=O)O)cnc1NC1CCN(C2CC2)C1. The molecule has 0 amide bonds. The van der Waals surface area contributed by atoms with E-state index in [0.29, 0.717) is 17.5 Å². The molecule has 1 atom stereocenters. The van der Waals surface area contributed by atoms with Crippen LogP contribution < -0.4 is 11.1 Å². The van der Waals surface area contributed by atoms with E-state index in [9.17, 15) is 4.79 Å². The average molecular weight is 262 g/mol. The molecule has 0 aromatic carbocycles.